The summed E-state index contributed by atoms with van der Waals surface area (Å²) in [7, 11) is 1.90. The van der Waals surface area contributed by atoms with Crippen LogP contribution in [-0.2, 0) is 11.4 Å². The number of nitrogens with zero attached hydrogens (tertiary/aromatic N) is 1. The molecule has 0 radical (unpaired) electrons. The van der Waals surface area contributed by atoms with Crippen LogP contribution >= 0.6 is 0 Å². The number of hydrogen-bond donors (Lipinski definition) is 2. The van der Waals surface area contributed by atoms with Gasteiger partial charge in [0.15, 0.2) is 0 Å². The lowest BCUT2D eigenvalue weighted by Gasteiger charge is -2.21. The van der Waals surface area contributed by atoms with E-state index in [-0.39, 0.29) is 12.5 Å². The number of rotatable bonds is 6. The molecule has 1 aromatic rings. The Kier molecular flexibility index (Phi) is 5.83. The van der Waals surface area contributed by atoms with Crippen LogP contribution in [-0.4, -0.2) is 31.2 Å². The van der Waals surface area contributed by atoms with Crippen LogP contribution in [0.3, 0.4) is 0 Å². The van der Waals surface area contributed by atoms with Crippen molar-refractivity contribution in [1.29, 1.82) is 0 Å². The fourth-order valence-corrected chi connectivity index (χ4v) is 1.92. The molecule has 4 heteroatoms. The lowest BCUT2D eigenvalue weighted by atomic mass is 10.1. The molecule has 0 saturated carbocycles. The molecule has 0 aliphatic carbocycles. The summed E-state index contributed by atoms with van der Waals surface area (Å²) >= 11 is 0. The third kappa shape index (κ3) is 4.91. The number of carbonyl (C=O) groups excluding carboxylic acids is 1. The van der Waals surface area contributed by atoms with Gasteiger partial charge >= 0.3 is 0 Å². The highest BCUT2D eigenvalue weighted by molar-refractivity contribution is 5.81. The van der Waals surface area contributed by atoms with E-state index in [0.29, 0.717) is 19.0 Å². The molecule has 2 N–H and O–H groups in total. The summed E-state index contributed by atoms with van der Waals surface area (Å²) in [6.07, 6.45) is 0. The average molecular weight is 264 g/mol. The Hall–Kier alpha value is -1.55. The quantitative estimate of drug-likeness (QED) is 0.822. The molecule has 0 aromatic heterocycles. The number of amides is 1. The second-order valence-corrected chi connectivity index (χ2v) is 5.33. The number of hydrogen-bond acceptors (Lipinski definition) is 3. The molecule has 1 amide bonds. The number of aliphatic hydroxyl groups excluding tert-OH is 1. The van der Waals surface area contributed by atoms with Crippen molar-refractivity contribution in [2.24, 2.45) is 5.92 Å². The molecule has 0 saturated heterocycles. The summed E-state index contributed by atoms with van der Waals surface area (Å²) < 4.78 is 0. The van der Waals surface area contributed by atoms with E-state index in [9.17, 15) is 4.79 Å². The highest BCUT2D eigenvalue weighted by Gasteiger charge is 2.10. The minimum atomic E-state index is 0.0295. The van der Waals surface area contributed by atoms with E-state index in [1.54, 1.807) is 0 Å². The van der Waals surface area contributed by atoms with Crippen molar-refractivity contribution in [1.82, 2.24) is 5.32 Å². The van der Waals surface area contributed by atoms with E-state index >= 15 is 0 Å². The van der Waals surface area contributed by atoms with Crippen LogP contribution in [0.5, 0.6) is 0 Å². The van der Waals surface area contributed by atoms with Gasteiger partial charge in [-0.1, -0.05) is 26.0 Å². The third-order valence-corrected chi connectivity index (χ3v) is 2.94. The number of carbonyl (C=O) groups is 1. The van der Waals surface area contributed by atoms with E-state index in [1.807, 2.05) is 37.1 Å². The first-order valence-corrected chi connectivity index (χ1v) is 6.62. The van der Waals surface area contributed by atoms with Gasteiger partial charge in [0.2, 0.25) is 5.91 Å². The Morgan fingerprint density at radius 2 is 2.11 bits per heavy atom. The molecule has 106 valence electrons. The molecule has 1 rings (SSSR count). The maximum absolute atomic E-state index is 11.8. The largest absolute Gasteiger partial charge is 0.392 e. The SMILES string of the molecule is Cc1cc(CO)ccc1N(C)CC(=O)NCC(C)C. The van der Waals surface area contributed by atoms with Gasteiger partial charge in [-0.2, -0.15) is 0 Å². The van der Waals surface area contributed by atoms with E-state index in [0.717, 1.165) is 16.8 Å². The molecule has 0 heterocycles. The normalized spacial score (nSPS) is 10.6. The average Bonchev–Trinajstić information content (AvgIpc) is 2.35. The van der Waals surface area contributed by atoms with E-state index in [1.165, 1.54) is 0 Å². The fraction of sp³-hybridized carbons (Fsp3) is 0.533. The van der Waals surface area contributed by atoms with E-state index < -0.39 is 0 Å². The van der Waals surface area contributed by atoms with Gasteiger partial charge in [0, 0.05) is 19.3 Å². The first-order valence-electron chi connectivity index (χ1n) is 6.62. The van der Waals surface area contributed by atoms with Crippen LogP contribution in [0.25, 0.3) is 0 Å². The van der Waals surface area contributed by atoms with Gasteiger partial charge < -0.3 is 15.3 Å². The second-order valence-electron chi connectivity index (χ2n) is 5.33. The summed E-state index contributed by atoms with van der Waals surface area (Å²) in [5.41, 5.74) is 2.96. The van der Waals surface area contributed by atoms with Crippen LogP contribution in [0, 0.1) is 12.8 Å². The van der Waals surface area contributed by atoms with Crippen molar-refractivity contribution < 1.29 is 9.90 Å². The van der Waals surface area contributed by atoms with E-state index in [2.05, 4.69) is 19.2 Å². The maximum Gasteiger partial charge on any atom is 0.239 e. The second kappa shape index (κ2) is 7.14. The van der Waals surface area contributed by atoms with Crippen molar-refractivity contribution in [2.75, 3.05) is 25.0 Å². The lowest BCUT2D eigenvalue weighted by molar-refractivity contribution is -0.119. The maximum atomic E-state index is 11.8. The Morgan fingerprint density at radius 1 is 1.42 bits per heavy atom. The third-order valence-electron chi connectivity index (χ3n) is 2.94. The smallest absolute Gasteiger partial charge is 0.239 e. The lowest BCUT2D eigenvalue weighted by Crippen LogP contribution is -2.37. The van der Waals surface area contributed by atoms with Gasteiger partial charge in [-0.25, -0.2) is 0 Å². The zero-order valence-corrected chi connectivity index (χ0v) is 12.2. The molecule has 0 aliphatic heterocycles. The van der Waals surface area contributed by atoms with Gasteiger partial charge in [0.05, 0.1) is 13.2 Å². The molecule has 0 unspecified atom stereocenters. The highest BCUT2D eigenvalue weighted by atomic mass is 16.3. The zero-order chi connectivity index (χ0) is 14.4. The fourth-order valence-electron chi connectivity index (χ4n) is 1.92. The molecule has 4 nitrogen and oxygen atoms in total. The molecule has 0 aliphatic rings. The van der Waals surface area contributed by atoms with Crippen molar-refractivity contribution >= 4 is 11.6 Å². The van der Waals surface area contributed by atoms with Gasteiger partial charge in [0.1, 0.15) is 0 Å². The van der Waals surface area contributed by atoms with Gasteiger partial charge in [0.25, 0.3) is 0 Å². The minimum Gasteiger partial charge on any atom is -0.392 e. The number of nitrogens with one attached hydrogen (secondary N) is 1. The Balaban J connectivity index is 2.62. The van der Waals surface area contributed by atoms with Gasteiger partial charge in [-0.3, -0.25) is 4.79 Å². The summed E-state index contributed by atoms with van der Waals surface area (Å²) in [5.74, 6) is 0.488. The molecule has 1 aromatic carbocycles. The van der Waals surface area contributed by atoms with Gasteiger partial charge in [-0.05, 0) is 30.0 Å². The summed E-state index contributed by atoms with van der Waals surface area (Å²) in [5, 5.41) is 12.0. The zero-order valence-electron chi connectivity index (χ0n) is 12.2. The van der Waals surface area contributed by atoms with Crippen LogP contribution < -0.4 is 10.2 Å². The van der Waals surface area contributed by atoms with Crippen molar-refractivity contribution in [2.45, 2.75) is 27.4 Å². The Labute approximate surface area is 115 Å². The predicted molar refractivity (Wildman–Crippen MR) is 78.2 cm³/mol. The summed E-state index contributed by atoms with van der Waals surface area (Å²) in [6.45, 7) is 7.21. The van der Waals surface area contributed by atoms with Gasteiger partial charge in [-0.15, -0.1) is 0 Å². The number of aryl methyl sites for hydroxylation is 1. The molecule has 0 fully saturated rings. The molecular weight excluding hydrogens is 240 g/mol. The van der Waals surface area contributed by atoms with Crippen LogP contribution in [0.15, 0.2) is 18.2 Å². The van der Waals surface area contributed by atoms with Crippen molar-refractivity contribution in [3.05, 3.63) is 29.3 Å². The number of benzene rings is 1. The molecule has 19 heavy (non-hydrogen) atoms. The highest BCUT2D eigenvalue weighted by Crippen LogP contribution is 2.19. The monoisotopic (exact) mass is 264 g/mol. The van der Waals surface area contributed by atoms with Crippen LogP contribution in [0.2, 0.25) is 0 Å². The first kappa shape index (κ1) is 15.5. The number of aliphatic hydroxyl groups is 1. The molecule has 0 atom stereocenters. The Morgan fingerprint density at radius 3 is 2.63 bits per heavy atom. The molecular formula is C15H24N2O2. The summed E-state index contributed by atoms with van der Waals surface area (Å²) in [6, 6.07) is 5.76. The Bertz CT molecular complexity index is 430. The van der Waals surface area contributed by atoms with Crippen LogP contribution in [0.1, 0.15) is 25.0 Å². The van der Waals surface area contributed by atoms with Crippen molar-refractivity contribution in [3.63, 3.8) is 0 Å². The first-order chi connectivity index (χ1) is 8.93. The number of likely N-dealkylation sites (N-methyl/N-ethyl adjacent to an activating group) is 1. The summed E-state index contributed by atoms with van der Waals surface area (Å²) in [4.78, 5) is 13.7. The molecule has 0 spiro atoms. The standard InChI is InChI=1S/C15H24N2O2/c1-11(2)8-16-15(19)9-17(4)14-6-5-13(10-18)7-12(14)3/h5-7,11,18H,8-10H2,1-4H3,(H,16,19). The minimum absolute atomic E-state index is 0.0295. The predicted octanol–water partition coefficient (Wildman–Crippen LogP) is 1.70. The van der Waals surface area contributed by atoms with Crippen molar-refractivity contribution in [3.8, 4) is 0 Å². The topological polar surface area (TPSA) is 52.6 Å². The number of anilines is 1. The molecule has 0 bridgehead atoms. The van der Waals surface area contributed by atoms with E-state index in [4.69, 9.17) is 5.11 Å². The van der Waals surface area contributed by atoms with Crippen LogP contribution in [0.4, 0.5) is 5.69 Å².